The van der Waals surface area contributed by atoms with E-state index in [2.05, 4.69) is 17.6 Å². The second-order valence-corrected chi connectivity index (χ2v) is 7.45. The first-order valence-corrected chi connectivity index (χ1v) is 9.08. The summed E-state index contributed by atoms with van der Waals surface area (Å²) in [5.41, 5.74) is 6.44. The van der Waals surface area contributed by atoms with Crippen molar-refractivity contribution in [1.29, 1.82) is 0 Å². The molecule has 0 radical (unpaired) electrons. The van der Waals surface area contributed by atoms with Gasteiger partial charge in [0.25, 0.3) is 0 Å². The minimum Gasteiger partial charge on any atom is -0.385 e. The molecule has 0 bridgehead atoms. The first kappa shape index (κ1) is 20.6. The number of nitrogens with one attached hydrogen (secondary N) is 2. The van der Waals surface area contributed by atoms with Crippen molar-refractivity contribution in [2.24, 2.45) is 17.6 Å². The van der Waals surface area contributed by atoms with Gasteiger partial charge >= 0.3 is 6.18 Å². The van der Waals surface area contributed by atoms with Crippen molar-refractivity contribution in [2.45, 2.75) is 51.7 Å². The number of anilines is 1. The summed E-state index contributed by atoms with van der Waals surface area (Å²) in [7, 11) is 0. The molecule has 1 aliphatic heterocycles. The van der Waals surface area contributed by atoms with E-state index in [1.54, 1.807) is 6.92 Å². The van der Waals surface area contributed by atoms with E-state index in [-0.39, 0.29) is 23.7 Å². The molecule has 1 aliphatic rings. The maximum absolute atomic E-state index is 13.0. The molecule has 1 amide bonds. The number of nitrogens with two attached hydrogens (primary N) is 1. The predicted molar refractivity (Wildman–Crippen MR) is 96.9 cm³/mol. The van der Waals surface area contributed by atoms with Crippen LogP contribution >= 0.6 is 0 Å². The van der Waals surface area contributed by atoms with Gasteiger partial charge in [-0.05, 0) is 61.3 Å². The Balaban J connectivity index is 1.94. The Morgan fingerprint density at radius 2 is 2.08 bits per heavy atom. The fourth-order valence-corrected chi connectivity index (χ4v) is 3.34. The fraction of sp³-hybridized carbons (Fsp3) is 0.632. The summed E-state index contributed by atoms with van der Waals surface area (Å²) in [6.07, 6.45) is -2.54. The summed E-state index contributed by atoms with van der Waals surface area (Å²) in [6.45, 7) is 7.00. The minimum atomic E-state index is -4.32. The Morgan fingerprint density at radius 1 is 1.38 bits per heavy atom. The van der Waals surface area contributed by atoms with E-state index in [1.165, 1.54) is 12.1 Å². The molecule has 2 rings (SSSR count). The third-order valence-electron chi connectivity index (χ3n) is 5.20. The predicted octanol–water partition coefficient (Wildman–Crippen LogP) is 3.73. The summed E-state index contributed by atoms with van der Waals surface area (Å²) in [4.78, 5) is 11.5. The molecule has 1 heterocycles. The molecule has 1 aromatic rings. The molecule has 0 fully saturated rings. The number of fused-ring (bicyclic) bond motifs is 1. The van der Waals surface area contributed by atoms with Crippen molar-refractivity contribution in [3.05, 3.63) is 29.3 Å². The second-order valence-electron chi connectivity index (χ2n) is 7.45. The van der Waals surface area contributed by atoms with E-state index >= 15 is 0 Å². The summed E-state index contributed by atoms with van der Waals surface area (Å²) in [6, 6.07) is 3.40. The van der Waals surface area contributed by atoms with Crippen molar-refractivity contribution < 1.29 is 18.0 Å². The van der Waals surface area contributed by atoms with Gasteiger partial charge in [-0.25, -0.2) is 0 Å². The Bertz CT molecular complexity index is 631. The number of amides is 1. The molecular weight excluding hydrogens is 343 g/mol. The summed E-state index contributed by atoms with van der Waals surface area (Å²) in [5, 5.41) is 6.07. The molecule has 4 unspecified atom stereocenters. The van der Waals surface area contributed by atoms with Crippen LogP contribution in [0, 0.1) is 11.8 Å². The number of hydrogen-bond acceptors (Lipinski definition) is 3. The summed E-state index contributed by atoms with van der Waals surface area (Å²) >= 11 is 0. The van der Waals surface area contributed by atoms with Gasteiger partial charge in [-0.1, -0.05) is 13.8 Å². The van der Waals surface area contributed by atoms with Gasteiger partial charge in [0.1, 0.15) is 0 Å². The van der Waals surface area contributed by atoms with Crippen LogP contribution in [0.5, 0.6) is 0 Å². The highest BCUT2D eigenvalue weighted by Gasteiger charge is 2.33. The van der Waals surface area contributed by atoms with Crippen LogP contribution in [-0.2, 0) is 11.0 Å². The molecule has 0 spiro atoms. The molecule has 0 aliphatic carbocycles. The van der Waals surface area contributed by atoms with Crippen LogP contribution < -0.4 is 16.4 Å². The van der Waals surface area contributed by atoms with Crippen molar-refractivity contribution in [1.82, 2.24) is 5.32 Å². The lowest BCUT2D eigenvalue weighted by Crippen LogP contribution is -2.40. The van der Waals surface area contributed by atoms with Gasteiger partial charge in [0.15, 0.2) is 0 Å². The van der Waals surface area contributed by atoms with Crippen LogP contribution in [0.2, 0.25) is 0 Å². The van der Waals surface area contributed by atoms with Crippen LogP contribution in [0.25, 0.3) is 0 Å². The quantitative estimate of drug-likeness (QED) is 0.714. The number of hydrogen-bond donors (Lipinski definition) is 3. The van der Waals surface area contributed by atoms with Crippen molar-refractivity contribution in [3.63, 3.8) is 0 Å². The number of carbonyl (C=O) groups is 1. The average molecular weight is 371 g/mol. The summed E-state index contributed by atoms with van der Waals surface area (Å²) < 4.78 is 38.9. The first-order valence-electron chi connectivity index (χ1n) is 9.08. The first-order chi connectivity index (χ1) is 12.1. The molecule has 4 atom stereocenters. The van der Waals surface area contributed by atoms with Gasteiger partial charge in [0, 0.05) is 18.8 Å². The smallest absolute Gasteiger partial charge is 0.385 e. The lowest BCUT2D eigenvalue weighted by atomic mass is 9.79. The molecule has 0 saturated carbocycles. The normalized spacial score (nSPS) is 22.1. The van der Waals surface area contributed by atoms with Crippen molar-refractivity contribution in [3.8, 4) is 0 Å². The van der Waals surface area contributed by atoms with Gasteiger partial charge in [-0.3, -0.25) is 4.79 Å². The molecule has 4 N–H and O–H groups in total. The molecule has 7 heteroatoms. The topological polar surface area (TPSA) is 67.1 Å². The zero-order valence-electron chi connectivity index (χ0n) is 15.5. The molecule has 146 valence electrons. The van der Waals surface area contributed by atoms with E-state index in [1.807, 2.05) is 6.92 Å². The lowest BCUT2D eigenvalue weighted by Gasteiger charge is -2.33. The Labute approximate surface area is 152 Å². The van der Waals surface area contributed by atoms with E-state index in [9.17, 15) is 18.0 Å². The third-order valence-corrected chi connectivity index (χ3v) is 5.20. The van der Waals surface area contributed by atoms with E-state index in [0.29, 0.717) is 6.54 Å². The molecular formula is C19H28F3N3O. The number of rotatable bonds is 6. The maximum Gasteiger partial charge on any atom is 0.416 e. The van der Waals surface area contributed by atoms with Gasteiger partial charge in [-0.2, -0.15) is 13.2 Å². The zero-order chi connectivity index (χ0) is 19.5. The van der Waals surface area contributed by atoms with Gasteiger partial charge < -0.3 is 16.4 Å². The third kappa shape index (κ3) is 5.13. The highest BCUT2D eigenvalue weighted by Crippen LogP contribution is 2.40. The van der Waals surface area contributed by atoms with Crippen LogP contribution in [0.15, 0.2) is 18.2 Å². The fourth-order valence-electron chi connectivity index (χ4n) is 3.34. The van der Waals surface area contributed by atoms with Crippen molar-refractivity contribution >= 4 is 11.6 Å². The highest BCUT2D eigenvalue weighted by atomic mass is 19.4. The van der Waals surface area contributed by atoms with Gasteiger partial charge in [0.05, 0.1) is 11.6 Å². The Hall–Kier alpha value is -1.76. The molecule has 4 nitrogen and oxygen atoms in total. The monoisotopic (exact) mass is 371 g/mol. The Morgan fingerprint density at radius 3 is 2.69 bits per heavy atom. The maximum atomic E-state index is 13.0. The number of carbonyl (C=O) groups excluding carboxylic acids is 1. The molecule has 26 heavy (non-hydrogen) atoms. The van der Waals surface area contributed by atoms with Gasteiger partial charge in [0.2, 0.25) is 5.91 Å². The standard InChI is InChI=1S/C19H28F3N3O/c1-11(9-25-18(26)13(3)23)4-5-14-10-24-17-7-6-15(19(20,21)22)8-16(17)12(14)2/h6-8,11-14,24H,4-5,9-10,23H2,1-3H3,(H,25,26). The Kier molecular flexibility index (Phi) is 6.55. The lowest BCUT2D eigenvalue weighted by molar-refractivity contribution is -0.137. The second kappa shape index (κ2) is 8.29. The van der Waals surface area contributed by atoms with E-state index < -0.39 is 17.8 Å². The van der Waals surface area contributed by atoms with Crippen LogP contribution in [0.1, 0.15) is 50.7 Å². The molecule has 1 aromatic carbocycles. The van der Waals surface area contributed by atoms with Gasteiger partial charge in [-0.15, -0.1) is 0 Å². The molecule has 0 aromatic heterocycles. The van der Waals surface area contributed by atoms with E-state index in [4.69, 9.17) is 5.73 Å². The summed E-state index contributed by atoms with van der Waals surface area (Å²) in [5.74, 6) is 0.433. The molecule has 0 saturated heterocycles. The minimum absolute atomic E-state index is 0.0550. The van der Waals surface area contributed by atoms with E-state index in [0.717, 1.165) is 36.7 Å². The number of alkyl halides is 3. The largest absolute Gasteiger partial charge is 0.416 e. The van der Waals surface area contributed by atoms with Crippen molar-refractivity contribution in [2.75, 3.05) is 18.4 Å². The SMILES string of the molecule is CC(CCC1CNc2ccc(C(F)(F)F)cc2C1C)CNC(=O)C(C)N. The zero-order valence-corrected chi connectivity index (χ0v) is 15.5. The number of halogens is 3. The van der Waals surface area contributed by atoms with Crippen LogP contribution in [0.4, 0.5) is 18.9 Å². The highest BCUT2D eigenvalue weighted by molar-refractivity contribution is 5.80. The number of benzene rings is 1. The van der Waals surface area contributed by atoms with Crippen LogP contribution in [-0.4, -0.2) is 25.0 Å². The average Bonchev–Trinajstić information content (AvgIpc) is 2.57. The van der Waals surface area contributed by atoms with Crippen LogP contribution in [0.3, 0.4) is 0 Å².